The molecule has 0 saturated heterocycles. The molecule has 0 heterocycles. The lowest BCUT2D eigenvalue weighted by atomic mass is 10.1. The van der Waals surface area contributed by atoms with Crippen LogP contribution in [0.4, 0.5) is 4.79 Å². The van der Waals surface area contributed by atoms with E-state index in [0.29, 0.717) is 12.0 Å². The smallest absolute Gasteiger partial charge is 0.407 e. The van der Waals surface area contributed by atoms with Crippen LogP contribution in [0.2, 0.25) is 0 Å². The third-order valence-electron chi connectivity index (χ3n) is 3.00. The summed E-state index contributed by atoms with van der Waals surface area (Å²) in [6.07, 6.45) is 1.67. The molecule has 6 nitrogen and oxygen atoms in total. The van der Waals surface area contributed by atoms with Crippen LogP contribution in [0.5, 0.6) is 0 Å². The number of nitrogens with one attached hydrogen (secondary N) is 1. The average Bonchev–Trinajstić information content (AvgIpc) is 2.45. The maximum atomic E-state index is 11.8. The maximum absolute atomic E-state index is 11.8. The SMILES string of the molecule is C=CCC(COCc1ccccc1C(=O)O)NC(=O)OC(C)(C)C. The van der Waals surface area contributed by atoms with E-state index >= 15 is 0 Å². The highest BCUT2D eigenvalue weighted by molar-refractivity contribution is 5.89. The first-order valence-corrected chi connectivity index (χ1v) is 7.72. The lowest BCUT2D eigenvalue weighted by Gasteiger charge is -2.23. The molecule has 0 bridgehead atoms. The predicted octanol–water partition coefficient (Wildman–Crippen LogP) is 3.37. The summed E-state index contributed by atoms with van der Waals surface area (Å²) < 4.78 is 10.8. The van der Waals surface area contributed by atoms with Gasteiger partial charge in [-0.15, -0.1) is 6.58 Å². The Morgan fingerprint density at radius 1 is 1.33 bits per heavy atom. The van der Waals surface area contributed by atoms with Gasteiger partial charge in [0.25, 0.3) is 0 Å². The van der Waals surface area contributed by atoms with Crippen LogP contribution in [0.15, 0.2) is 36.9 Å². The molecule has 1 rings (SSSR count). The lowest BCUT2D eigenvalue weighted by Crippen LogP contribution is -2.41. The number of carbonyl (C=O) groups excluding carboxylic acids is 1. The Labute approximate surface area is 142 Å². The first kappa shape index (κ1) is 19.7. The predicted molar refractivity (Wildman–Crippen MR) is 91.0 cm³/mol. The number of alkyl carbamates (subject to hydrolysis) is 1. The van der Waals surface area contributed by atoms with Crippen LogP contribution in [0, 0.1) is 0 Å². The molecule has 0 radical (unpaired) electrons. The molecule has 2 N–H and O–H groups in total. The van der Waals surface area contributed by atoms with E-state index < -0.39 is 17.7 Å². The monoisotopic (exact) mass is 335 g/mol. The van der Waals surface area contributed by atoms with Crippen LogP contribution in [-0.4, -0.2) is 35.4 Å². The second kappa shape index (κ2) is 9.08. The van der Waals surface area contributed by atoms with Crippen LogP contribution in [0.1, 0.15) is 43.1 Å². The number of rotatable bonds is 8. The van der Waals surface area contributed by atoms with Gasteiger partial charge < -0.3 is 19.9 Å². The van der Waals surface area contributed by atoms with Crippen LogP contribution >= 0.6 is 0 Å². The minimum absolute atomic E-state index is 0.145. The fourth-order valence-electron chi connectivity index (χ4n) is 2.01. The van der Waals surface area contributed by atoms with Gasteiger partial charge in [-0.1, -0.05) is 24.3 Å². The van der Waals surface area contributed by atoms with Gasteiger partial charge in [-0.25, -0.2) is 9.59 Å². The van der Waals surface area contributed by atoms with Gasteiger partial charge in [0.05, 0.1) is 24.8 Å². The van der Waals surface area contributed by atoms with Crippen molar-refractivity contribution in [1.82, 2.24) is 5.32 Å². The molecular weight excluding hydrogens is 310 g/mol. The first-order chi connectivity index (χ1) is 11.2. The van der Waals surface area contributed by atoms with E-state index in [1.54, 1.807) is 45.0 Å². The van der Waals surface area contributed by atoms with Crippen molar-refractivity contribution >= 4 is 12.1 Å². The Morgan fingerprint density at radius 2 is 2.00 bits per heavy atom. The van der Waals surface area contributed by atoms with Crippen molar-refractivity contribution in [1.29, 1.82) is 0 Å². The largest absolute Gasteiger partial charge is 0.478 e. The molecule has 0 aliphatic heterocycles. The summed E-state index contributed by atoms with van der Waals surface area (Å²) >= 11 is 0. The summed E-state index contributed by atoms with van der Waals surface area (Å²) in [6, 6.07) is 6.35. The second-order valence-corrected chi connectivity index (χ2v) is 6.34. The van der Waals surface area contributed by atoms with Crippen molar-refractivity contribution in [3.8, 4) is 0 Å². The summed E-state index contributed by atoms with van der Waals surface area (Å²) in [5.74, 6) is -0.997. The Kier molecular flexibility index (Phi) is 7.45. The topological polar surface area (TPSA) is 84.9 Å². The van der Waals surface area contributed by atoms with Crippen molar-refractivity contribution in [3.63, 3.8) is 0 Å². The summed E-state index contributed by atoms with van der Waals surface area (Å²) in [5, 5.41) is 11.9. The molecule has 132 valence electrons. The quantitative estimate of drug-likeness (QED) is 0.712. The molecule has 1 amide bonds. The summed E-state index contributed by atoms with van der Waals surface area (Å²) in [5.41, 5.74) is 0.210. The van der Waals surface area contributed by atoms with Gasteiger partial charge >= 0.3 is 12.1 Å². The lowest BCUT2D eigenvalue weighted by molar-refractivity contribution is 0.0430. The highest BCUT2D eigenvalue weighted by Crippen LogP contribution is 2.11. The number of carboxylic acid groups (broad SMARTS) is 1. The van der Waals surface area contributed by atoms with E-state index in [1.165, 1.54) is 6.07 Å². The fourth-order valence-corrected chi connectivity index (χ4v) is 2.01. The number of hydrogen-bond donors (Lipinski definition) is 2. The van der Waals surface area contributed by atoms with Gasteiger partial charge in [0.1, 0.15) is 5.60 Å². The zero-order valence-electron chi connectivity index (χ0n) is 14.4. The molecule has 0 aliphatic carbocycles. The van der Waals surface area contributed by atoms with Crippen molar-refractivity contribution in [2.75, 3.05) is 6.61 Å². The van der Waals surface area contributed by atoms with Gasteiger partial charge in [0.15, 0.2) is 0 Å². The number of carbonyl (C=O) groups is 2. The maximum Gasteiger partial charge on any atom is 0.407 e. The van der Waals surface area contributed by atoms with Crippen LogP contribution in [0.25, 0.3) is 0 Å². The molecule has 0 aliphatic rings. The van der Waals surface area contributed by atoms with Gasteiger partial charge in [-0.2, -0.15) is 0 Å². The number of amides is 1. The van der Waals surface area contributed by atoms with Crippen molar-refractivity contribution in [3.05, 3.63) is 48.0 Å². The number of hydrogen-bond acceptors (Lipinski definition) is 4. The number of benzene rings is 1. The second-order valence-electron chi connectivity index (χ2n) is 6.34. The molecule has 24 heavy (non-hydrogen) atoms. The average molecular weight is 335 g/mol. The zero-order valence-corrected chi connectivity index (χ0v) is 14.4. The Balaban J connectivity index is 2.57. The molecule has 1 unspecified atom stereocenters. The van der Waals surface area contributed by atoms with Crippen molar-refractivity contribution in [2.45, 2.75) is 45.4 Å². The van der Waals surface area contributed by atoms with E-state index in [2.05, 4.69) is 11.9 Å². The standard InChI is InChI=1S/C18H25NO5/c1-5-8-14(19-17(22)24-18(2,3)4)12-23-11-13-9-6-7-10-15(13)16(20)21/h5-7,9-10,14H,1,8,11-12H2,2-4H3,(H,19,22)(H,20,21). The molecule has 0 saturated carbocycles. The number of carboxylic acids is 1. The minimum atomic E-state index is -0.997. The van der Waals surface area contributed by atoms with Crippen LogP contribution in [-0.2, 0) is 16.1 Å². The van der Waals surface area contributed by atoms with Crippen molar-refractivity contribution in [2.24, 2.45) is 0 Å². The van der Waals surface area contributed by atoms with E-state index in [1.807, 2.05) is 0 Å². The molecule has 1 aromatic rings. The summed E-state index contributed by atoms with van der Waals surface area (Å²) in [7, 11) is 0. The fraction of sp³-hybridized carbons (Fsp3) is 0.444. The molecule has 1 atom stereocenters. The zero-order chi connectivity index (χ0) is 18.2. The van der Waals surface area contributed by atoms with Gasteiger partial charge in [0.2, 0.25) is 0 Å². The van der Waals surface area contributed by atoms with Gasteiger partial charge in [0, 0.05) is 0 Å². The molecule has 6 heteroatoms. The highest BCUT2D eigenvalue weighted by atomic mass is 16.6. The van der Waals surface area contributed by atoms with E-state index in [9.17, 15) is 9.59 Å². The molecule has 1 aromatic carbocycles. The summed E-state index contributed by atoms with van der Waals surface area (Å²) in [6.45, 7) is 9.39. The van der Waals surface area contributed by atoms with E-state index in [0.717, 1.165) is 0 Å². The van der Waals surface area contributed by atoms with E-state index in [-0.39, 0.29) is 24.8 Å². The number of aromatic carboxylic acids is 1. The molecule has 0 spiro atoms. The Bertz CT molecular complexity index is 577. The Morgan fingerprint density at radius 3 is 2.58 bits per heavy atom. The van der Waals surface area contributed by atoms with Crippen LogP contribution in [0.3, 0.4) is 0 Å². The highest BCUT2D eigenvalue weighted by Gasteiger charge is 2.19. The number of ether oxygens (including phenoxy) is 2. The van der Waals surface area contributed by atoms with Gasteiger partial charge in [-0.05, 0) is 38.8 Å². The third kappa shape index (κ3) is 7.28. The van der Waals surface area contributed by atoms with Gasteiger partial charge in [-0.3, -0.25) is 0 Å². The van der Waals surface area contributed by atoms with E-state index in [4.69, 9.17) is 14.6 Å². The van der Waals surface area contributed by atoms with Crippen molar-refractivity contribution < 1.29 is 24.2 Å². The molecular formula is C18H25NO5. The van der Waals surface area contributed by atoms with Crippen LogP contribution < -0.4 is 5.32 Å². The third-order valence-corrected chi connectivity index (χ3v) is 3.00. The minimum Gasteiger partial charge on any atom is -0.478 e. The Hall–Kier alpha value is -2.34. The molecule has 0 fully saturated rings. The molecule has 0 aromatic heterocycles. The summed E-state index contributed by atoms with van der Waals surface area (Å²) in [4.78, 5) is 23.0. The normalized spacial score (nSPS) is 12.3. The first-order valence-electron chi connectivity index (χ1n) is 7.72.